The molecule has 1 atom stereocenters. The average molecular weight is 365 g/mol. The van der Waals surface area contributed by atoms with Crippen molar-refractivity contribution in [2.24, 2.45) is 0 Å². The molecule has 0 bridgehead atoms. The van der Waals surface area contributed by atoms with Crippen LogP contribution in [0.1, 0.15) is 22.1 Å². The van der Waals surface area contributed by atoms with Crippen LogP contribution in [0.5, 0.6) is 0 Å². The molecule has 1 aliphatic rings. The molecular formula is C18H18ClFN2OS. The summed E-state index contributed by atoms with van der Waals surface area (Å²) in [4.78, 5) is 14.4. The SMILES string of the molecule is Cc1ccc([C@H]2SCCN2C(=O)Nc2ccc(F)c(Cl)c2)c(C)c1. The van der Waals surface area contributed by atoms with E-state index in [2.05, 4.69) is 37.4 Å². The predicted octanol–water partition coefficient (Wildman–Crippen LogP) is 5.38. The highest BCUT2D eigenvalue weighted by Crippen LogP contribution is 2.39. The molecule has 3 nitrogen and oxygen atoms in total. The van der Waals surface area contributed by atoms with Gasteiger partial charge in [-0.05, 0) is 43.2 Å². The maximum absolute atomic E-state index is 13.2. The lowest BCUT2D eigenvalue weighted by Crippen LogP contribution is -2.34. The number of hydrogen-bond acceptors (Lipinski definition) is 2. The zero-order valence-electron chi connectivity index (χ0n) is 13.5. The smallest absolute Gasteiger partial charge is 0.308 e. The van der Waals surface area contributed by atoms with Gasteiger partial charge in [-0.1, -0.05) is 35.4 Å². The van der Waals surface area contributed by atoms with Crippen molar-refractivity contribution in [2.45, 2.75) is 19.2 Å². The molecule has 2 amide bonds. The van der Waals surface area contributed by atoms with Crippen LogP contribution in [0.25, 0.3) is 0 Å². The third-order valence-electron chi connectivity index (χ3n) is 4.01. The number of amides is 2. The largest absolute Gasteiger partial charge is 0.323 e. The minimum atomic E-state index is -0.500. The normalized spacial score (nSPS) is 17.2. The molecule has 3 rings (SSSR count). The van der Waals surface area contributed by atoms with Crippen LogP contribution in [0, 0.1) is 19.7 Å². The number of carbonyl (C=O) groups is 1. The predicted molar refractivity (Wildman–Crippen MR) is 98.2 cm³/mol. The molecule has 0 saturated carbocycles. The van der Waals surface area contributed by atoms with Gasteiger partial charge >= 0.3 is 6.03 Å². The van der Waals surface area contributed by atoms with Gasteiger partial charge in [-0.3, -0.25) is 0 Å². The molecule has 126 valence electrons. The highest BCUT2D eigenvalue weighted by Gasteiger charge is 2.31. The number of thioether (sulfide) groups is 1. The first-order valence-electron chi connectivity index (χ1n) is 7.67. The molecule has 1 heterocycles. The van der Waals surface area contributed by atoms with Crippen LogP contribution in [0.15, 0.2) is 36.4 Å². The van der Waals surface area contributed by atoms with E-state index in [0.29, 0.717) is 12.2 Å². The standard InChI is InChI=1S/C18H18ClFN2OS/c1-11-3-5-14(12(2)9-11)17-22(7-8-24-17)18(23)21-13-4-6-16(20)15(19)10-13/h3-6,9-10,17H,7-8H2,1-2H3,(H,21,23)/t17-/m1/s1. The molecule has 0 unspecified atom stereocenters. The lowest BCUT2D eigenvalue weighted by atomic mass is 10.1. The van der Waals surface area contributed by atoms with E-state index in [9.17, 15) is 9.18 Å². The molecule has 0 spiro atoms. The summed E-state index contributed by atoms with van der Waals surface area (Å²) in [6.07, 6.45) is 0. The van der Waals surface area contributed by atoms with Crippen molar-refractivity contribution in [1.82, 2.24) is 4.90 Å². The number of rotatable bonds is 2. The van der Waals surface area contributed by atoms with E-state index in [1.807, 2.05) is 0 Å². The summed E-state index contributed by atoms with van der Waals surface area (Å²) < 4.78 is 13.2. The van der Waals surface area contributed by atoms with Crippen LogP contribution in [0.3, 0.4) is 0 Å². The Balaban J connectivity index is 1.79. The Bertz CT molecular complexity index is 784. The van der Waals surface area contributed by atoms with Gasteiger partial charge in [0.15, 0.2) is 0 Å². The van der Waals surface area contributed by atoms with E-state index in [1.54, 1.807) is 16.7 Å². The number of hydrogen-bond donors (Lipinski definition) is 1. The molecule has 2 aromatic rings. The number of anilines is 1. The van der Waals surface area contributed by atoms with Gasteiger partial charge < -0.3 is 10.2 Å². The summed E-state index contributed by atoms with van der Waals surface area (Å²) in [5.74, 6) is 0.384. The molecular weight excluding hydrogens is 347 g/mol. The zero-order valence-corrected chi connectivity index (χ0v) is 15.0. The Morgan fingerprint density at radius 1 is 1.29 bits per heavy atom. The third kappa shape index (κ3) is 3.52. The van der Waals surface area contributed by atoms with Gasteiger partial charge in [-0.15, -0.1) is 11.8 Å². The topological polar surface area (TPSA) is 32.3 Å². The van der Waals surface area contributed by atoms with Gasteiger partial charge in [0.05, 0.1) is 5.02 Å². The molecule has 2 aromatic carbocycles. The second kappa shape index (κ2) is 7.03. The summed E-state index contributed by atoms with van der Waals surface area (Å²) in [7, 11) is 0. The molecule has 0 aromatic heterocycles. The van der Waals surface area contributed by atoms with Crippen LogP contribution in [-0.4, -0.2) is 23.2 Å². The quantitative estimate of drug-likeness (QED) is 0.776. The summed E-state index contributed by atoms with van der Waals surface area (Å²) in [6.45, 7) is 4.79. The van der Waals surface area contributed by atoms with Crippen LogP contribution < -0.4 is 5.32 Å². The molecule has 0 aliphatic carbocycles. The summed E-state index contributed by atoms with van der Waals surface area (Å²) >= 11 is 7.52. The number of benzene rings is 2. The van der Waals surface area contributed by atoms with E-state index >= 15 is 0 Å². The van der Waals surface area contributed by atoms with Gasteiger partial charge in [0.1, 0.15) is 11.2 Å². The monoisotopic (exact) mass is 364 g/mol. The van der Waals surface area contributed by atoms with E-state index in [-0.39, 0.29) is 16.4 Å². The van der Waals surface area contributed by atoms with Gasteiger partial charge in [-0.25, -0.2) is 9.18 Å². The zero-order chi connectivity index (χ0) is 17.3. The fraction of sp³-hybridized carbons (Fsp3) is 0.278. The van der Waals surface area contributed by atoms with Crippen LogP contribution in [0.4, 0.5) is 14.9 Å². The highest BCUT2D eigenvalue weighted by molar-refractivity contribution is 7.99. The fourth-order valence-electron chi connectivity index (χ4n) is 2.81. The van der Waals surface area contributed by atoms with Crippen molar-refractivity contribution < 1.29 is 9.18 Å². The lowest BCUT2D eigenvalue weighted by molar-refractivity contribution is 0.214. The van der Waals surface area contributed by atoms with Crippen molar-refractivity contribution in [2.75, 3.05) is 17.6 Å². The van der Waals surface area contributed by atoms with E-state index in [4.69, 9.17) is 11.6 Å². The first kappa shape index (κ1) is 17.1. The Morgan fingerprint density at radius 2 is 2.08 bits per heavy atom. The van der Waals surface area contributed by atoms with Crippen molar-refractivity contribution in [3.05, 3.63) is 63.9 Å². The van der Waals surface area contributed by atoms with Crippen LogP contribution in [-0.2, 0) is 0 Å². The second-order valence-corrected chi connectivity index (χ2v) is 7.43. The first-order chi connectivity index (χ1) is 11.5. The summed E-state index contributed by atoms with van der Waals surface area (Å²) in [6, 6.07) is 10.3. The van der Waals surface area contributed by atoms with Crippen molar-refractivity contribution in [1.29, 1.82) is 0 Å². The Kier molecular flexibility index (Phi) is 5.01. The van der Waals surface area contributed by atoms with Crippen LogP contribution >= 0.6 is 23.4 Å². The molecule has 1 fully saturated rings. The molecule has 24 heavy (non-hydrogen) atoms. The van der Waals surface area contributed by atoms with E-state index in [0.717, 1.165) is 11.3 Å². The number of nitrogens with zero attached hydrogens (tertiary/aromatic N) is 1. The maximum Gasteiger partial charge on any atom is 0.323 e. The number of halogens is 2. The van der Waals surface area contributed by atoms with E-state index in [1.165, 1.54) is 29.3 Å². The van der Waals surface area contributed by atoms with Crippen molar-refractivity contribution in [3.63, 3.8) is 0 Å². The summed E-state index contributed by atoms with van der Waals surface area (Å²) in [5.41, 5.74) is 4.02. The van der Waals surface area contributed by atoms with Crippen molar-refractivity contribution >= 4 is 35.1 Å². The van der Waals surface area contributed by atoms with Gasteiger partial charge in [-0.2, -0.15) is 0 Å². The van der Waals surface area contributed by atoms with Crippen LogP contribution in [0.2, 0.25) is 5.02 Å². The minimum Gasteiger partial charge on any atom is -0.308 e. The third-order valence-corrected chi connectivity index (χ3v) is 5.55. The number of urea groups is 1. The Hall–Kier alpha value is -1.72. The second-order valence-electron chi connectivity index (χ2n) is 5.84. The number of carbonyl (C=O) groups excluding carboxylic acids is 1. The highest BCUT2D eigenvalue weighted by atomic mass is 35.5. The van der Waals surface area contributed by atoms with Gasteiger partial charge in [0.2, 0.25) is 0 Å². The van der Waals surface area contributed by atoms with Crippen molar-refractivity contribution in [3.8, 4) is 0 Å². The molecule has 6 heteroatoms. The minimum absolute atomic E-state index is 0.00507. The Morgan fingerprint density at radius 3 is 2.79 bits per heavy atom. The number of aryl methyl sites for hydroxylation is 2. The van der Waals surface area contributed by atoms with E-state index < -0.39 is 5.82 Å². The lowest BCUT2D eigenvalue weighted by Gasteiger charge is -2.26. The molecule has 1 saturated heterocycles. The fourth-order valence-corrected chi connectivity index (χ4v) is 4.34. The molecule has 0 radical (unpaired) electrons. The Labute approximate surface area is 150 Å². The molecule has 1 N–H and O–H groups in total. The van der Waals surface area contributed by atoms with Gasteiger partial charge in [0.25, 0.3) is 0 Å². The van der Waals surface area contributed by atoms with Gasteiger partial charge in [0, 0.05) is 18.0 Å². The summed E-state index contributed by atoms with van der Waals surface area (Å²) in [5, 5.41) is 2.79. The first-order valence-corrected chi connectivity index (χ1v) is 9.10. The maximum atomic E-state index is 13.2. The molecule has 1 aliphatic heterocycles. The average Bonchev–Trinajstić information content (AvgIpc) is 3.00. The number of nitrogens with one attached hydrogen (secondary N) is 1.